The second-order valence-corrected chi connectivity index (χ2v) is 3.70. The summed E-state index contributed by atoms with van der Waals surface area (Å²) in [5, 5.41) is 4.23. The lowest BCUT2D eigenvalue weighted by Gasteiger charge is -2.02. The fourth-order valence-electron chi connectivity index (χ4n) is 1.73. The monoisotopic (exact) mass is 173 g/mol. The average molecular weight is 173 g/mol. The zero-order valence-corrected chi connectivity index (χ0v) is 7.57. The molecule has 2 aromatic heterocycles. The summed E-state index contributed by atoms with van der Waals surface area (Å²) >= 11 is 0. The van der Waals surface area contributed by atoms with Crippen LogP contribution in [-0.2, 0) is 0 Å². The van der Waals surface area contributed by atoms with Crippen molar-refractivity contribution in [3.63, 3.8) is 0 Å². The van der Waals surface area contributed by atoms with E-state index in [1.165, 1.54) is 24.1 Å². The molecule has 0 unspecified atom stereocenters. The van der Waals surface area contributed by atoms with E-state index in [2.05, 4.69) is 10.1 Å². The van der Waals surface area contributed by atoms with Crippen molar-refractivity contribution in [2.75, 3.05) is 0 Å². The Kier molecular flexibility index (Phi) is 1.26. The molecule has 0 saturated heterocycles. The van der Waals surface area contributed by atoms with Crippen LogP contribution in [0, 0.1) is 6.92 Å². The number of fused-ring (bicyclic) bond motifs is 1. The van der Waals surface area contributed by atoms with Gasteiger partial charge in [0.05, 0.1) is 29.3 Å². The van der Waals surface area contributed by atoms with Gasteiger partial charge in [-0.25, -0.2) is 4.52 Å². The van der Waals surface area contributed by atoms with Crippen LogP contribution in [0.5, 0.6) is 0 Å². The van der Waals surface area contributed by atoms with Crippen LogP contribution in [0.25, 0.3) is 5.52 Å². The van der Waals surface area contributed by atoms with Crippen molar-refractivity contribution in [2.45, 2.75) is 25.7 Å². The Bertz CT molecular complexity index is 454. The summed E-state index contributed by atoms with van der Waals surface area (Å²) in [6, 6.07) is 2.04. The van der Waals surface area contributed by atoms with Gasteiger partial charge in [0.25, 0.3) is 0 Å². The fourth-order valence-corrected chi connectivity index (χ4v) is 1.73. The molecule has 0 aliphatic heterocycles. The lowest BCUT2D eigenvalue weighted by molar-refractivity contribution is 0.889. The molecule has 0 N–H and O–H groups in total. The van der Waals surface area contributed by atoms with Crippen molar-refractivity contribution in [3.8, 4) is 0 Å². The lowest BCUT2D eigenvalue weighted by Crippen LogP contribution is -1.97. The van der Waals surface area contributed by atoms with Gasteiger partial charge in [0.2, 0.25) is 0 Å². The molecule has 1 saturated carbocycles. The lowest BCUT2D eigenvalue weighted by atomic mass is 10.2. The van der Waals surface area contributed by atoms with Gasteiger partial charge in [0.15, 0.2) is 0 Å². The second-order valence-electron chi connectivity index (χ2n) is 3.70. The van der Waals surface area contributed by atoms with Gasteiger partial charge in [0, 0.05) is 5.92 Å². The molecule has 1 fully saturated rings. The highest BCUT2D eigenvalue weighted by Crippen LogP contribution is 2.40. The molecule has 1 aliphatic rings. The summed E-state index contributed by atoms with van der Waals surface area (Å²) in [7, 11) is 0. The Morgan fingerprint density at radius 3 is 3.08 bits per heavy atom. The highest BCUT2D eigenvalue weighted by molar-refractivity contribution is 5.53. The van der Waals surface area contributed by atoms with Gasteiger partial charge in [-0.3, -0.25) is 4.98 Å². The van der Waals surface area contributed by atoms with Crippen LogP contribution in [0.15, 0.2) is 18.5 Å². The van der Waals surface area contributed by atoms with Gasteiger partial charge in [-0.15, -0.1) is 0 Å². The Morgan fingerprint density at radius 1 is 1.46 bits per heavy atom. The third-order valence-corrected chi connectivity index (χ3v) is 2.50. The van der Waals surface area contributed by atoms with Crippen LogP contribution >= 0.6 is 0 Å². The van der Waals surface area contributed by atoms with Gasteiger partial charge in [-0.1, -0.05) is 0 Å². The maximum atomic E-state index is 4.57. The first kappa shape index (κ1) is 7.06. The number of rotatable bonds is 1. The van der Waals surface area contributed by atoms with E-state index in [0.29, 0.717) is 5.92 Å². The quantitative estimate of drug-likeness (QED) is 0.659. The van der Waals surface area contributed by atoms with E-state index >= 15 is 0 Å². The predicted molar refractivity (Wildman–Crippen MR) is 49.7 cm³/mol. The molecule has 0 atom stereocenters. The molecule has 66 valence electrons. The smallest absolute Gasteiger partial charge is 0.0880 e. The van der Waals surface area contributed by atoms with E-state index in [9.17, 15) is 0 Å². The predicted octanol–water partition coefficient (Wildman–Crippen LogP) is 1.92. The second kappa shape index (κ2) is 2.31. The summed E-state index contributed by atoms with van der Waals surface area (Å²) in [4.78, 5) is 4.57. The van der Waals surface area contributed by atoms with Crippen LogP contribution in [0.4, 0.5) is 0 Å². The minimum atomic E-state index is 0.694. The molecule has 1 aliphatic carbocycles. The van der Waals surface area contributed by atoms with E-state index in [1.807, 2.05) is 29.9 Å². The van der Waals surface area contributed by atoms with Crippen molar-refractivity contribution in [3.05, 3.63) is 29.8 Å². The molecule has 3 nitrogen and oxygen atoms in total. The number of nitrogens with zero attached hydrogens (tertiary/aromatic N) is 3. The molecule has 0 spiro atoms. The molecular formula is C10H11N3. The van der Waals surface area contributed by atoms with Crippen molar-refractivity contribution in [1.82, 2.24) is 14.6 Å². The fraction of sp³-hybridized carbons (Fsp3) is 0.400. The van der Waals surface area contributed by atoms with Gasteiger partial charge in [-0.05, 0) is 25.8 Å². The molecule has 2 heterocycles. The van der Waals surface area contributed by atoms with E-state index < -0.39 is 0 Å². The molecule has 0 radical (unpaired) electrons. The van der Waals surface area contributed by atoms with E-state index in [1.54, 1.807) is 0 Å². The van der Waals surface area contributed by atoms with Crippen LogP contribution in [0.2, 0.25) is 0 Å². The van der Waals surface area contributed by atoms with E-state index in [4.69, 9.17) is 0 Å². The average Bonchev–Trinajstić information content (AvgIpc) is 2.84. The van der Waals surface area contributed by atoms with Gasteiger partial charge >= 0.3 is 0 Å². The molecule has 0 bridgehead atoms. The van der Waals surface area contributed by atoms with Gasteiger partial charge in [0.1, 0.15) is 0 Å². The normalized spacial score (nSPS) is 16.7. The maximum absolute atomic E-state index is 4.57. The third-order valence-electron chi connectivity index (χ3n) is 2.50. The minimum absolute atomic E-state index is 0.694. The number of aromatic nitrogens is 3. The SMILES string of the molecule is Cc1cn2nccc2c(C2CC2)n1. The first-order valence-electron chi connectivity index (χ1n) is 4.65. The minimum Gasteiger partial charge on any atom is -0.254 e. The van der Waals surface area contributed by atoms with Crippen molar-refractivity contribution in [1.29, 1.82) is 0 Å². The standard InChI is InChI=1S/C10H11N3/c1-7-6-13-9(4-5-11-13)10(12-7)8-2-3-8/h4-6,8H,2-3H2,1H3. The summed E-state index contributed by atoms with van der Waals surface area (Å²) in [6.07, 6.45) is 6.39. The zero-order valence-electron chi connectivity index (χ0n) is 7.57. The third kappa shape index (κ3) is 1.03. The van der Waals surface area contributed by atoms with Crippen LogP contribution in [0.3, 0.4) is 0 Å². The molecule has 0 amide bonds. The molecular weight excluding hydrogens is 162 g/mol. The van der Waals surface area contributed by atoms with Gasteiger partial charge in [-0.2, -0.15) is 5.10 Å². The molecule has 2 aromatic rings. The summed E-state index contributed by atoms with van der Waals surface area (Å²) in [6.45, 7) is 2.02. The van der Waals surface area contributed by atoms with Crippen LogP contribution in [-0.4, -0.2) is 14.6 Å². The molecule has 0 aromatic carbocycles. The number of hydrogen-bond acceptors (Lipinski definition) is 2. The van der Waals surface area contributed by atoms with Gasteiger partial charge < -0.3 is 0 Å². The van der Waals surface area contributed by atoms with Crippen molar-refractivity contribution < 1.29 is 0 Å². The first-order valence-corrected chi connectivity index (χ1v) is 4.65. The molecule has 3 rings (SSSR count). The zero-order chi connectivity index (χ0) is 8.84. The highest BCUT2D eigenvalue weighted by Gasteiger charge is 2.27. The first-order chi connectivity index (χ1) is 6.34. The molecule has 13 heavy (non-hydrogen) atoms. The van der Waals surface area contributed by atoms with Crippen LogP contribution in [0.1, 0.15) is 30.1 Å². The topological polar surface area (TPSA) is 30.2 Å². The summed E-state index contributed by atoms with van der Waals surface area (Å²) < 4.78 is 1.93. The Morgan fingerprint density at radius 2 is 2.31 bits per heavy atom. The van der Waals surface area contributed by atoms with E-state index in [-0.39, 0.29) is 0 Å². The largest absolute Gasteiger partial charge is 0.254 e. The Balaban J connectivity index is 2.33. The highest BCUT2D eigenvalue weighted by atomic mass is 15.2. The van der Waals surface area contributed by atoms with Crippen molar-refractivity contribution in [2.24, 2.45) is 0 Å². The summed E-state index contributed by atoms with van der Waals surface area (Å²) in [5.74, 6) is 0.694. The molecule has 3 heteroatoms. The summed E-state index contributed by atoms with van der Waals surface area (Å²) in [5.41, 5.74) is 3.46. The number of hydrogen-bond donors (Lipinski definition) is 0. The number of aryl methyl sites for hydroxylation is 1. The van der Waals surface area contributed by atoms with Crippen molar-refractivity contribution >= 4 is 5.52 Å². The Hall–Kier alpha value is -1.38. The Labute approximate surface area is 76.4 Å². The van der Waals surface area contributed by atoms with E-state index in [0.717, 1.165) is 5.69 Å². The van der Waals surface area contributed by atoms with Crippen LogP contribution < -0.4 is 0 Å². The maximum Gasteiger partial charge on any atom is 0.0880 e.